The van der Waals surface area contributed by atoms with Gasteiger partial charge < -0.3 is 20.9 Å². The van der Waals surface area contributed by atoms with Crippen molar-refractivity contribution >= 4 is 5.82 Å². The van der Waals surface area contributed by atoms with Gasteiger partial charge in [0.1, 0.15) is 12.0 Å². The van der Waals surface area contributed by atoms with Gasteiger partial charge in [0.25, 0.3) is 0 Å². The summed E-state index contributed by atoms with van der Waals surface area (Å²) in [5, 5.41) is 12.5. The minimum absolute atomic E-state index is 0.149. The Labute approximate surface area is 133 Å². The molecule has 23 heavy (non-hydrogen) atoms. The van der Waals surface area contributed by atoms with Crippen molar-refractivity contribution < 1.29 is 9.84 Å². The second-order valence-electron chi connectivity index (χ2n) is 6.37. The van der Waals surface area contributed by atoms with E-state index < -0.39 is 12.3 Å². The maximum absolute atomic E-state index is 12.3. The Morgan fingerprint density at radius 2 is 2.39 bits per heavy atom. The van der Waals surface area contributed by atoms with Crippen molar-refractivity contribution in [3.8, 4) is 0 Å². The molecule has 5 atom stereocenters. The number of hydrogen-bond donors (Lipinski definition) is 3. The standard InChI is InChI=1S/C16H20N4O3/c1-8-6-20(13-5-11(17)12(7-21)23-13)16(22)19-15(8)18-14-9-3-2-4-10(9)14/h2-4,6,9,11-14,21H,5,7,17H2,1H3,(H,18,19,22)/t9?,11?,12-,13-,14?/m1/s1. The lowest BCUT2D eigenvalue weighted by atomic mass is 10.1. The smallest absolute Gasteiger partial charge is 0.351 e. The molecule has 1 saturated carbocycles. The van der Waals surface area contributed by atoms with Crippen LogP contribution in [-0.2, 0) is 4.74 Å². The molecule has 1 saturated heterocycles. The molecule has 0 radical (unpaired) electrons. The highest BCUT2D eigenvalue weighted by Crippen LogP contribution is 2.45. The van der Waals surface area contributed by atoms with Crippen LogP contribution in [0.25, 0.3) is 0 Å². The van der Waals surface area contributed by atoms with E-state index in [4.69, 9.17) is 10.5 Å². The number of aryl methyl sites for hydroxylation is 1. The minimum atomic E-state index is -0.471. The zero-order valence-corrected chi connectivity index (χ0v) is 12.8. The van der Waals surface area contributed by atoms with Gasteiger partial charge in [0.15, 0.2) is 0 Å². The van der Waals surface area contributed by atoms with Crippen LogP contribution in [-0.4, -0.2) is 39.5 Å². The molecule has 0 bridgehead atoms. The molecule has 2 fully saturated rings. The van der Waals surface area contributed by atoms with Gasteiger partial charge in [-0.15, -0.1) is 0 Å². The summed E-state index contributed by atoms with van der Waals surface area (Å²) in [6, 6.07) is -0.0176. The third kappa shape index (κ3) is 2.41. The number of nitrogens with zero attached hydrogens (tertiary/aromatic N) is 2. The topological polar surface area (TPSA) is 102 Å². The average Bonchev–Trinajstić information content (AvgIpc) is 2.91. The zero-order valence-electron chi connectivity index (χ0n) is 12.8. The summed E-state index contributed by atoms with van der Waals surface area (Å²) < 4.78 is 7.11. The first-order valence-corrected chi connectivity index (χ1v) is 7.85. The average molecular weight is 316 g/mol. The number of aliphatic hydroxyl groups excluding tert-OH is 1. The number of allylic oxidation sites excluding steroid dienone is 2. The first-order chi connectivity index (χ1) is 11.1. The van der Waals surface area contributed by atoms with Gasteiger partial charge >= 0.3 is 5.69 Å². The van der Waals surface area contributed by atoms with Crippen LogP contribution in [0.4, 0.5) is 5.82 Å². The second-order valence-corrected chi connectivity index (χ2v) is 6.37. The van der Waals surface area contributed by atoms with Gasteiger partial charge in [-0.1, -0.05) is 18.2 Å². The number of rotatable bonds is 4. The summed E-state index contributed by atoms with van der Waals surface area (Å²) in [6.07, 6.45) is 7.62. The molecule has 0 spiro atoms. The summed E-state index contributed by atoms with van der Waals surface area (Å²) in [6.45, 7) is 1.76. The van der Waals surface area contributed by atoms with E-state index in [0.717, 1.165) is 5.56 Å². The van der Waals surface area contributed by atoms with Crippen LogP contribution in [0.1, 0.15) is 18.2 Å². The third-order valence-corrected chi connectivity index (χ3v) is 4.80. The summed E-state index contributed by atoms with van der Waals surface area (Å²) >= 11 is 0. The highest BCUT2D eigenvalue weighted by atomic mass is 16.5. The summed E-state index contributed by atoms with van der Waals surface area (Å²) in [7, 11) is 0. The number of hydrogen-bond acceptors (Lipinski definition) is 6. The molecule has 0 amide bonds. The molecule has 1 aromatic heterocycles. The van der Waals surface area contributed by atoms with Crippen LogP contribution in [0.15, 0.2) is 34.8 Å². The number of nitrogens with two attached hydrogens (primary N) is 1. The molecule has 2 heterocycles. The fraction of sp³-hybridized carbons (Fsp3) is 0.500. The summed E-state index contributed by atoms with van der Waals surface area (Å²) in [5.41, 5.74) is 7.76. The number of aromatic nitrogens is 2. The van der Waals surface area contributed by atoms with Crippen molar-refractivity contribution in [2.45, 2.75) is 37.8 Å². The number of aliphatic hydroxyl groups is 1. The zero-order chi connectivity index (χ0) is 16.1. The lowest BCUT2D eigenvalue weighted by Gasteiger charge is -2.16. The van der Waals surface area contributed by atoms with Crippen LogP contribution >= 0.6 is 0 Å². The fourth-order valence-electron chi connectivity index (χ4n) is 3.37. The van der Waals surface area contributed by atoms with E-state index in [2.05, 4.69) is 28.5 Å². The van der Waals surface area contributed by atoms with E-state index in [1.165, 1.54) is 10.1 Å². The molecule has 7 heteroatoms. The molecule has 4 rings (SSSR count). The summed E-state index contributed by atoms with van der Waals surface area (Å²) in [5.74, 6) is 1.06. The normalized spacial score (nSPS) is 34.4. The maximum atomic E-state index is 12.3. The van der Waals surface area contributed by atoms with E-state index in [1.54, 1.807) is 6.20 Å². The van der Waals surface area contributed by atoms with Crippen molar-refractivity contribution in [2.75, 3.05) is 11.9 Å². The number of nitrogens with one attached hydrogen (secondary N) is 1. The lowest BCUT2D eigenvalue weighted by Crippen LogP contribution is -2.32. The van der Waals surface area contributed by atoms with Crippen LogP contribution in [0.2, 0.25) is 0 Å². The van der Waals surface area contributed by atoms with Crippen LogP contribution in [0.5, 0.6) is 0 Å². The minimum Gasteiger partial charge on any atom is -0.394 e. The Bertz CT molecular complexity index is 754. The van der Waals surface area contributed by atoms with E-state index in [1.807, 2.05) is 6.92 Å². The molecule has 1 aromatic rings. The Morgan fingerprint density at radius 1 is 1.57 bits per heavy atom. The SMILES string of the molecule is Cc1cn([C@H]2CC(N)[C@@H](CO)O2)c(=O)nc1NC1C2=CC=CC21. The molecule has 2 aliphatic carbocycles. The number of ether oxygens (including phenoxy) is 1. The van der Waals surface area contributed by atoms with Crippen molar-refractivity contribution in [3.63, 3.8) is 0 Å². The molecule has 4 N–H and O–H groups in total. The van der Waals surface area contributed by atoms with Crippen LogP contribution in [0, 0.1) is 12.8 Å². The van der Waals surface area contributed by atoms with Gasteiger partial charge in [-0.3, -0.25) is 4.57 Å². The quantitative estimate of drug-likeness (QED) is 0.726. The van der Waals surface area contributed by atoms with Gasteiger partial charge in [-0.25, -0.2) is 4.79 Å². The van der Waals surface area contributed by atoms with Crippen molar-refractivity contribution in [2.24, 2.45) is 11.7 Å². The highest BCUT2D eigenvalue weighted by Gasteiger charge is 2.44. The predicted octanol–water partition coefficient (Wildman–Crippen LogP) is 0.0653. The first kappa shape index (κ1) is 14.6. The van der Waals surface area contributed by atoms with Crippen molar-refractivity contribution in [1.82, 2.24) is 9.55 Å². The molecule has 3 aliphatic rings. The molecule has 7 nitrogen and oxygen atoms in total. The van der Waals surface area contributed by atoms with E-state index in [0.29, 0.717) is 18.2 Å². The van der Waals surface area contributed by atoms with E-state index >= 15 is 0 Å². The molecular formula is C16H20N4O3. The Hall–Kier alpha value is -1.96. The van der Waals surface area contributed by atoms with E-state index in [9.17, 15) is 9.90 Å². The molecule has 1 aliphatic heterocycles. The van der Waals surface area contributed by atoms with Gasteiger partial charge in [-0.05, 0) is 12.5 Å². The Balaban J connectivity index is 1.54. The van der Waals surface area contributed by atoms with Crippen LogP contribution in [0.3, 0.4) is 0 Å². The maximum Gasteiger partial charge on any atom is 0.351 e. The third-order valence-electron chi connectivity index (χ3n) is 4.80. The lowest BCUT2D eigenvalue weighted by molar-refractivity contribution is -0.0271. The van der Waals surface area contributed by atoms with Gasteiger partial charge in [-0.2, -0.15) is 4.98 Å². The van der Waals surface area contributed by atoms with E-state index in [-0.39, 0.29) is 24.4 Å². The molecule has 0 aromatic carbocycles. The Morgan fingerprint density at radius 3 is 3.04 bits per heavy atom. The highest BCUT2D eigenvalue weighted by molar-refractivity contribution is 5.57. The van der Waals surface area contributed by atoms with Gasteiger partial charge in [0.2, 0.25) is 0 Å². The van der Waals surface area contributed by atoms with Gasteiger partial charge in [0, 0.05) is 30.1 Å². The summed E-state index contributed by atoms with van der Waals surface area (Å²) in [4.78, 5) is 16.5. The number of fused-ring (bicyclic) bond motifs is 1. The molecular weight excluding hydrogens is 296 g/mol. The van der Waals surface area contributed by atoms with Crippen molar-refractivity contribution in [3.05, 3.63) is 46.0 Å². The largest absolute Gasteiger partial charge is 0.394 e. The van der Waals surface area contributed by atoms with Gasteiger partial charge in [0.05, 0.1) is 18.8 Å². The fourth-order valence-corrected chi connectivity index (χ4v) is 3.37. The number of anilines is 1. The molecule has 3 unspecified atom stereocenters. The second kappa shape index (κ2) is 5.30. The molecule has 122 valence electrons. The predicted molar refractivity (Wildman–Crippen MR) is 84.9 cm³/mol. The Kier molecular flexibility index (Phi) is 3.37. The first-order valence-electron chi connectivity index (χ1n) is 7.85. The van der Waals surface area contributed by atoms with Crippen molar-refractivity contribution in [1.29, 1.82) is 0 Å². The monoisotopic (exact) mass is 316 g/mol. The van der Waals surface area contributed by atoms with Crippen LogP contribution < -0.4 is 16.7 Å².